The van der Waals surface area contributed by atoms with Gasteiger partial charge in [-0.05, 0) is 66.6 Å². The van der Waals surface area contributed by atoms with E-state index in [4.69, 9.17) is 15.1 Å². The number of anilines is 1. The first kappa shape index (κ1) is 19.5. The molecule has 7 heteroatoms. The highest BCUT2D eigenvalue weighted by Gasteiger charge is 2.13. The Morgan fingerprint density at radius 1 is 1.19 bits per heavy atom. The van der Waals surface area contributed by atoms with Gasteiger partial charge < -0.3 is 15.2 Å². The minimum Gasteiger partial charge on any atom is -0.452 e. The summed E-state index contributed by atoms with van der Waals surface area (Å²) in [4.78, 5) is 24.8. The number of amides is 1. The van der Waals surface area contributed by atoms with Gasteiger partial charge in [0, 0.05) is 10.6 Å². The summed E-state index contributed by atoms with van der Waals surface area (Å²) in [6.45, 7) is 3.15. The number of nitriles is 1. The van der Waals surface area contributed by atoms with E-state index in [0.717, 1.165) is 27.8 Å². The average Bonchev–Trinajstić information content (AvgIpc) is 2.63. The van der Waals surface area contributed by atoms with Gasteiger partial charge in [-0.3, -0.25) is 4.79 Å². The molecule has 2 aromatic carbocycles. The Balaban J connectivity index is 1.96. The van der Waals surface area contributed by atoms with E-state index < -0.39 is 18.5 Å². The molecule has 2 N–H and O–H groups in total. The number of thioether (sulfide) groups is 1. The molecule has 0 fully saturated rings. The molecule has 1 amide bonds. The number of aliphatic hydroxyl groups is 1. The van der Waals surface area contributed by atoms with Crippen molar-refractivity contribution in [2.45, 2.75) is 25.3 Å². The maximum Gasteiger partial charge on any atom is 0.338 e. The molecule has 0 atom stereocenters. The molecule has 0 spiro atoms. The Bertz CT molecular complexity index is 834. The van der Waals surface area contributed by atoms with E-state index in [2.05, 4.69) is 5.32 Å². The largest absolute Gasteiger partial charge is 0.452 e. The zero-order valence-corrected chi connectivity index (χ0v) is 15.2. The third kappa shape index (κ3) is 5.09. The maximum atomic E-state index is 12.1. The molecule has 0 bridgehead atoms. The van der Waals surface area contributed by atoms with E-state index in [-0.39, 0.29) is 6.61 Å². The Labute approximate surface area is 155 Å². The van der Waals surface area contributed by atoms with Gasteiger partial charge in [0.2, 0.25) is 0 Å². The van der Waals surface area contributed by atoms with Crippen LogP contribution in [0.25, 0.3) is 0 Å². The highest BCUT2D eigenvalue weighted by atomic mass is 32.2. The van der Waals surface area contributed by atoms with Crippen LogP contribution in [0.2, 0.25) is 0 Å². The molecule has 0 unspecified atom stereocenters. The van der Waals surface area contributed by atoms with Crippen molar-refractivity contribution in [1.82, 2.24) is 0 Å². The fourth-order valence-electron chi connectivity index (χ4n) is 2.37. The van der Waals surface area contributed by atoms with Crippen LogP contribution < -0.4 is 5.32 Å². The summed E-state index contributed by atoms with van der Waals surface area (Å²) in [5, 5.41) is 22.5. The second-order valence-corrected chi connectivity index (χ2v) is 6.46. The topological polar surface area (TPSA) is 99.4 Å². The van der Waals surface area contributed by atoms with Gasteiger partial charge in [-0.15, -0.1) is 0 Å². The lowest BCUT2D eigenvalue weighted by Gasteiger charge is -2.13. The van der Waals surface area contributed by atoms with Gasteiger partial charge in [-0.1, -0.05) is 12.1 Å². The number of aliphatic hydroxyl groups excluding tert-OH is 1. The maximum absolute atomic E-state index is 12.1. The van der Waals surface area contributed by atoms with Crippen molar-refractivity contribution < 1.29 is 19.4 Å². The van der Waals surface area contributed by atoms with E-state index >= 15 is 0 Å². The Morgan fingerprint density at radius 3 is 2.35 bits per heavy atom. The lowest BCUT2D eigenvalue weighted by molar-refractivity contribution is -0.119. The summed E-state index contributed by atoms with van der Waals surface area (Å²) < 4.78 is 5.02. The summed E-state index contributed by atoms with van der Waals surface area (Å²) in [5.41, 5.74) is 3.27. The van der Waals surface area contributed by atoms with Crippen LogP contribution in [0.3, 0.4) is 0 Å². The fraction of sp³-hybridized carbons (Fsp3) is 0.211. The minimum absolute atomic E-state index is 0.109. The molecule has 0 radical (unpaired) electrons. The molecular formula is C19H18N2O4S. The van der Waals surface area contributed by atoms with Crippen LogP contribution in [0.5, 0.6) is 0 Å². The summed E-state index contributed by atoms with van der Waals surface area (Å²) in [7, 11) is 0. The van der Waals surface area contributed by atoms with Crippen molar-refractivity contribution in [1.29, 1.82) is 5.26 Å². The van der Waals surface area contributed by atoms with Gasteiger partial charge in [0.15, 0.2) is 6.61 Å². The van der Waals surface area contributed by atoms with Crippen LogP contribution >= 0.6 is 11.8 Å². The van der Waals surface area contributed by atoms with Crippen LogP contribution in [0, 0.1) is 24.5 Å². The Morgan fingerprint density at radius 2 is 1.81 bits per heavy atom. The number of ether oxygens (including phenoxy) is 1. The van der Waals surface area contributed by atoms with Gasteiger partial charge >= 0.3 is 5.97 Å². The van der Waals surface area contributed by atoms with Crippen LogP contribution in [-0.4, -0.2) is 23.6 Å². The number of thiocyanates is 1. The van der Waals surface area contributed by atoms with Crippen molar-refractivity contribution >= 4 is 29.3 Å². The second-order valence-electron chi connectivity index (χ2n) is 5.60. The highest BCUT2D eigenvalue weighted by Crippen LogP contribution is 2.27. The lowest BCUT2D eigenvalue weighted by atomic mass is 10.1. The SMILES string of the molecule is Cc1cc(SC#N)cc(C)c1NC(=O)COC(=O)c1ccc(CO)cc1. The number of nitrogens with zero attached hydrogens (tertiary/aromatic N) is 1. The van der Waals surface area contributed by atoms with Crippen molar-refractivity contribution in [3.05, 3.63) is 58.7 Å². The van der Waals surface area contributed by atoms with E-state index in [0.29, 0.717) is 16.8 Å². The number of hydrogen-bond acceptors (Lipinski definition) is 6. The van der Waals surface area contributed by atoms with Crippen LogP contribution in [0.4, 0.5) is 5.69 Å². The predicted molar refractivity (Wildman–Crippen MR) is 98.7 cm³/mol. The number of hydrogen-bond donors (Lipinski definition) is 2. The van der Waals surface area contributed by atoms with Crippen LogP contribution in [0.15, 0.2) is 41.3 Å². The molecule has 0 saturated carbocycles. The third-order valence-corrected chi connectivity index (χ3v) is 4.20. The van der Waals surface area contributed by atoms with Gasteiger partial charge in [0.05, 0.1) is 12.2 Å². The van der Waals surface area contributed by atoms with E-state index in [1.165, 1.54) is 12.1 Å². The minimum atomic E-state index is -0.612. The van der Waals surface area contributed by atoms with Gasteiger partial charge in [0.1, 0.15) is 5.40 Å². The Hall–Kier alpha value is -2.82. The van der Waals surface area contributed by atoms with Crippen molar-refractivity contribution in [3.8, 4) is 5.40 Å². The monoisotopic (exact) mass is 370 g/mol. The van der Waals surface area contributed by atoms with Crippen molar-refractivity contribution in [2.24, 2.45) is 0 Å². The normalized spacial score (nSPS) is 10.1. The number of carbonyl (C=O) groups excluding carboxylic acids is 2. The number of carbonyl (C=O) groups is 2. The van der Waals surface area contributed by atoms with E-state index in [1.54, 1.807) is 12.1 Å². The molecule has 0 aliphatic rings. The van der Waals surface area contributed by atoms with Crippen molar-refractivity contribution in [2.75, 3.05) is 11.9 Å². The zero-order valence-electron chi connectivity index (χ0n) is 14.4. The van der Waals surface area contributed by atoms with Crippen LogP contribution in [-0.2, 0) is 16.1 Å². The number of nitrogens with one attached hydrogen (secondary N) is 1. The standard InChI is InChI=1S/C19H18N2O4S/c1-12-7-16(26-11-20)8-13(2)18(12)21-17(23)10-25-19(24)15-5-3-14(9-22)4-6-15/h3-8,22H,9-10H2,1-2H3,(H,21,23). The first-order valence-corrected chi connectivity index (χ1v) is 8.60. The number of benzene rings is 2. The van der Waals surface area contributed by atoms with Gasteiger partial charge in [-0.25, -0.2) is 4.79 Å². The smallest absolute Gasteiger partial charge is 0.338 e. The third-order valence-electron chi connectivity index (χ3n) is 3.64. The molecule has 0 aliphatic carbocycles. The van der Waals surface area contributed by atoms with E-state index in [1.807, 2.05) is 31.4 Å². The molecule has 0 aromatic heterocycles. The molecule has 26 heavy (non-hydrogen) atoms. The number of aryl methyl sites for hydroxylation is 2. The van der Waals surface area contributed by atoms with Gasteiger partial charge in [-0.2, -0.15) is 5.26 Å². The summed E-state index contributed by atoms with van der Waals surface area (Å²) in [6.07, 6.45) is 0. The number of rotatable bonds is 6. The molecule has 2 rings (SSSR count). The first-order valence-electron chi connectivity index (χ1n) is 7.78. The van der Waals surface area contributed by atoms with Crippen LogP contribution in [0.1, 0.15) is 27.0 Å². The Kier molecular flexibility index (Phi) is 6.78. The van der Waals surface area contributed by atoms with Crippen molar-refractivity contribution in [3.63, 3.8) is 0 Å². The molecule has 0 aliphatic heterocycles. The molecule has 0 saturated heterocycles. The quantitative estimate of drug-likeness (QED) is 0.460. The second kappa shape index (κ2) is 9.04. The molecular weight excluding hydrogens is 352 g/mol. The summed E-state index contributed by atoms with van der Waals surface area (Å²) >= 11 is 1.05. The molecule has 0 heterocycles. The van der Waals surface area contributed by atoms with Gasteiger partial charge in [0.25, 0.3) is 5.91 Å². The summed E-state index contributed by atoms with van der Waals surface area (Å²) in [5.74, 6) is -1.06. The predicted octanol–water partition coefficient (Wildman–Crippen LogP) is 3.16. The fourth-order valence-corrected chi connectivity index (χ4v) is 2.95. The first-order chi connectivity index (χ1) is 12.4. The molecule has 134 valence electrons. The number of esters is 1. The van der Waals surface area contributed by atoms with E-state index in [9.17, 15) is 9.59 Å². The average molecular weight is 370 g/mol. The summed E-state index contributed by atoms with van der Waals surface area (Å²) in [6, 6.07) is 9.92. The highest BCUT2D eigenvalue weighted by molar-refractivity contribution is 8.03. The molecule has 2 aromatic rings. The lowest BCUT2D eigenvalue weighted by Crippen LogP contribution is -2.22. The molecule has 6 nitrogen and oxygen atoms in total. The zero-order chi connectivity index (χ0) is 19.1.